The van der Waals surface area contributed by atoms with Crippen molar-refractivity contribution in [3.05, 3.63) is 54.4 Å². The fourth-order valence-electron chi connectivity index (χ4n) is 3.52. The largest absolute Gasteiger partial charge is 0.497 e. The summed E-state index contributed by atoms with van der Waals surface area (Å²) >= 11 is 1.67. The second kappa shape index (κ2) is 9.21. The van der Waals surface area contributed by atoms with E-state index < -0.39 is 0 Å². The Bertz CT molecular complexity index is 1010. The molecule has 3 aromatic rings. The molecule has 2 aromatic carbocycles. The van der Waals surface area contributed by atoms with Crippen LogP contribution < -0.4 is 10.1 Å². The van der Waals surface area contributed by atoms with Crippen LogP contribution >= 0.6 is 11.8 Å². The summed E-state index contributed by atoms with van der Waals surface area (Å²) in [6.07, 6.45) is 3.82. The van der Waals surface area contributed by atoms with Gasteiger partial charge in [0, 0.05) is 29.2 Å². The lowest BCUT2D eigenvalue weighted by molar-refractivity contribution is 0.184. The minimum atomic E-state index is -0.107. The average molecular weight is 425 g/mol. The van der Waals surface area contributed by atoms with E-state index >= 15 is 0 Å². The van der Waals surface area contributed by atoms with Crippen molar-refractivity contribution in [2.24, 2.45) is 0 Å². The van der Waals surface area contributed by atoms with Crippen LogP contribution in [0.2, 0.25) is 0 Å². The number of thioether (sulfide) groups is 1. The standard InChI is InChI=1S/C22H24N4O3S/c1-28-18-7-3-5-15(13-18)20-24-21(29-25-20)16-6-4-12-26(14-16)22(27)23-17-8-10-19(30-2)11-9-17/h3,5,7-11,13,16H,4,6,12,14H2,1-2H3,(H,23,27). The molecule has 8 heteroatoms. The van der Waals surface area contributed by atoms with Crippen LogP contribution in [0.15, 0.2) is 57.9 Å². The minimum absolute atomic E-state index is 0.0234. The summed E-state index contributed by atoms with van der Waals surface area (Å²) in [6, 6.07) is 15.3. The molecule has 1 aliphatic rings. The van der Waals surface area contributed by atoms with E-state index in [4.69, 9.17) is 9.26 Å². The minimum Gasteiger partial charge on any atom is -0.497 e. The molecule has 0 bridgehead atoms. The van der Waals surface area contributed by atoms with Gasteiger partial charge in [-0.1, -0.05) is 17.3 Å². The maximum absolute atomic E-state index is 12.7. The van der Waals surface area contributed by atoms with Gasteiger partial charge in [-0.2, -0.15) is 4.98 Å². The summed E-state index contributed by atoms with van der Waals surface area (Å²) in [5, 5.41) is 7.10. The highest BCUT2D eigenvalue weighted by molar-refractivity contribution is 7.98. The van der Waals surface area contributed by atoms with Gasteiger partial charge in [0.25, 0.3) is 0 Å². The van der Waals surface area contributed by atoms with Crippen molar-refractivity contribution in [2.75, 3.05) is 31.8 Å². The predicted molar refractivity (Wildman–Crippen MR) is 117 cm³/mol. The van der Waals surface area contributed by atoms with Crippen molar-refractivity contribution < 1.29 is 14.1 Å². The van der Waals surface area contributed by atoms with E-state index in [1.54, 1.807) is 18.9 Å². The van der Waals surface area contributed by atoms with Crippen LogP contribution in [0.5, 0.6) is 5.75 Å². The number of hydrogen-bond acceptors (Lipinski definition) is 6. The van der Waals surface area contributed by atoms with E-state index in [2.05, 4.69) is 15.5 Å². The number of methoxy groups -OCH3 is 1. The van der Waals surface area contributed by atoms with Crippen molar-refractivity contribution in [1.82, 2.24) is 15.0 Å². The molecule has 156 valence electrons. The predicted octanol–water partition coefficient (Wildman–Crippen LogP) is 4.88. The van der Waals surface area contributed by atoms with Crippen LogP contribution in [0.3, 0.4) is 0 Å². The van der Waals surface area contributed by atoms with Crippen molar-refractivity contribution in [3.8, 4) is 17.1 Å². The molecule has 1 aliphatic heterocycles. The number of piperidine rings is 1. The van der Waals surface area contributed by atoms with E-state index in [1.807, 2.05) is 59.7 Å². The van der Waals surface area contributed by atoms with Gasteiger partial charge in [0.15, 0.2) is 0 Å². The number of amides is 2. The van der Waals surface area contributed by atoms with Gasteiger partial charge < -0.3 is 19.5 Å². The van der Waals surface area contributed by atoms with Crippen LogP contribution in [0.1, 0.15) is 24.7 Å². The van der Waals surface area contributed by atoms with E-state index in [1.165, 1.54) is 0 Å². The zero-order valence-electron chi connectivity index (χ0n) is 17.0. The molecule has 1 atom stereocenters. The number of nitrogens with zero attached hydrogens (tertiary/aromatic N) is 3. The molecule has 4 rings (SSSR count). The van der Waals surface area contributed by atoms with Crippen LogP contribution in [0.4, 0.5) is 10.5 Å². The lowest BCUT2D eigenvalue weighted by Gasteiger charge is -2.31. The number of hydrogen-bond donors (Lipinski definition) is 1. The van der Waals surface area contributed by atoms with Gasteiger partial charge in [0.2, 0.25) is 11.7 Å². The monoisotopic (exact) mass is 424 g/mol. The molecule has 1 aromatic heterocycles. The molecule has 0 radical (unpaired) electrons. The van der Waals surface area contributed by atoms with Gasteiger partial charge >= 0.3 is 6.03 Å². The van der Waals surface area contributed by atoms with Crippen LogP contribution in [0.25, 0.3) is 11.4 Å². The third kappa shape index (κ3) is 4.59. The molecule has 1 N–H and O–H groups in total. The van der Waals surface area contributed by atoms with Crippen LogP contribution in [0, 0.1) is 0 Å². The quantitative estimate of drug-likeness (QED) is 0.588. The van der Waals surface area contributed by atoms with E-state index in [0.29, 0.717) is 24.8 Å². The summed E-state index contributed by atoms with van der Waals surface area (Å²) in [5.74, 6) is 1.86. The molecule has 2 heterocycles. The summed E-state index contributed by atoms with van der Waals surface area (Å²) in [5.41, 5.74) is 1.63. The highest BCUT2D eigenvalue weighted by Gasteiger charge is 2.29. The number of nitrogens with one attached hydrogen (secondary N) is 1. The van der Waals surface area contributed by atoms with E-state index in [9.17, 15) is 4.79 Å². The molecule has 30 heavy (non-hydrogen) atoms. The first-order chi connectivity index (χ1) is 14.7. The Morgan fingerprint density at radius 1 is 1.27 bits per heavy atom. The average Bonchev–Trinajstić information content (AvgIpc) is 3.30. The normalized spacial score (nSPS) is 16.3. The SMILES string of the molecule is COc1cccc(-c2noc(C3CCCN(C(=O)Nc4ccc(SC)cc4)C3)n2)c1. The van der Waals surface area contributed by atoms with Gasteiger partial charge in [-0.05, 0) is 55.5 Å². The smallest absolute Gasteiger partial charge is 0.321 e. The molecule has 0 saturated carbocycles. The number of carbonyl (C=O) groups is 1. The van der Waals surface area contributed by atoms with Crippen LogP contribution in [-0.4, -0.2) is 47.5 Å². The number of aromatic nitrogens is 2. The summed E-state index contributed by atoms with van der Waals surface area (Å²) in [4.78, 5) is 20.3. The molecule has 1 unspecified atom stereocenters. The Morgan fingerprint density at radius 2 is 2.10 bits per heavy atom. The first kappa shape index (κ1) is 20.3. The highest BCUT2D eigenvalue weighted by atomic mass is 32.2. The van der Waals surface area contributed by atoms with E-state index in [-0.39, 0.29) is 11.9 Å². The van der Waals surface area contributed by atoms with Gasteiger partial charge in [-0.3, -0.25) is 0 Å². The molecule has 1 saturated heterocycles. The Kier molecular flexibility index (Phi) is 6.23. The lowest BCUT2D eigenvalue weighted by Crippen LogP contribution is -2.41. The second-order valence-corrected chi connectivity index (χ2v) is 8.01. The Labute approximate surface area is 179 Å². The van der Waals surface area contributed by atoms with Crippen molar-refractivity contribution in [1.29, 1.82) is 0 Å². The molecule has 7 nitrogen and oxygen atoms in total. The van der Waals surface area contributed by atoms with Gasteiger partial charge in [-0.15, -0.1) is 11.8 Å². The fourth-order valence-corrected chi connectivity index (χ4v) is 3.93. The molecule has 2 amide bonds. The third-order valence-electron chi connectivity index (χ3n) is 5.17. The summed E-state index contributed by atoms with van der Waals surface area (Å²) in [7, 11) is 1.62. The van der Waals surface area contributed by atoms with Crippen molar-refractivity contribution >= 4 is 23.5 Å². The number of likely N-dealkylation sites (tertiary alicyclic amines) is 1. The number of urea groups is 1. The number of benzene rings is 2. The fraction of sp³-hybridized carbons (Fsp3) is 0.318. The van der Waals surface area contributed by atoms with Crippen LogP contribution in [-0.2, 0) is 0 Å². The van der Waals surface area contributed by atoms with E-state index in [0.717, 1.165) is 34.7 Å². The van der Waals surface area contributed by atoms with Crippen molar-refractivity contribution in [3.63, 3.8) is 0 Å². The van der Waals surface area contributed by atoms with Gasteiger partial charge in [0.05, 0.1) is 13.0 Å². The summed E-state index contributed by atoms with van der Waals surface area (Å²) in [6.45, 7) is 1.26. The van der Waals surface area contributed by atoms with Gasteiger partial charge in [-0.25, -0.2) is 4.79 Å². The summed E-state index contributed by atoms with van der Waals surface area (Å²) < 4.78 is 10.8. The van der Waals surface area contributed by atoms with Gasteiger partial charge in [0.1, 0.15) is 5.75 Å². The maximum atomic E-state index is 12.7. The third-order valence-corrected chi connectivity index (χ3v) is 5.91. The number of carbonyl (C=O) groups excluding carboxylic acids is 1. The molecular formula is C22H24N4O3S. The molecule has 1 fully saturated rings. The zero-order valence-corrected chi connectivity index (χ0v) is 17.8. The van der Waals surface area contributed by atoms with Crippen molar-refractivity contribution in [2.45, 2.75) is 23.7 Å². The molecular weight excluding hydrogens is 400 g/mol. The Hall–Kier alpha value is -3.00. The first-order valence-electron chi connectivity index (χ1n) is 9.84. The zero-order chi connectivity index (χ0) is 20.9. The number of rotatable bonds is 5. The molecule has 0 aliphatic carbocycles. The Balaban J connectivity index is 1.42. The maximum Gasteiger partial charge on any atom is 0.321 e. The highest BCUT2D eigenvalue weighted by Crippen LogP contribution is 2.29. The number of ether oxygens (including phenoxy) is 1. The number of anilines is 1. The second-order valence-electron chi connectivity index (χ2n) is 7.13. The first-order valence-corrected chi connectivity index (χ1v) is 11.1. The molecule has 0 spiro atoms. The Morgan fingerprint density at radius 3 is 2.87 bits per heavy atom. The topological polar surface area (TPSA) is 80.5 Å². The lowest BCUT2D eigenvalue weighted by atomic mass is 9.98.